The third-order valence-corrected chi connectivity index (χ3v) is 5.39. The molecule has 4 heteroatoms. The lowest BCUT2D eigenvalue weighted by molar-refractivity contribution is 0.388. The fourth-order valence-electron chi connectivity index (χ4n) is 2.26. The first-order valence-corrected chi connectivity index (χ1v) is 7.51. The average molecular weight is 253 g/mol. The van der Waals surface area contributed by atoms with E-state index >= 15 is 0 Å². The average Bonchev–Trinajstić information content (AvgIpc) is 2.80. The summed E-state index contributed by atoms with van der Waals surface area (Å²) < 4.78 is 26.3. The van der Waals surface area contributed by atoms with Gasteiger partial charge in [-0.1, -0.05) is 32.0 Å². The summed E-state index contributed by atoms with van der Waals surface area (Å²) in [6.07, 6.45) is 0.976. The van der Waals surface area contributed by atoms with E-state index in [1.54, 1.807) is 28.6 Å². The Hall–Kier alpha value is -0.870. The Morgan fingerprint density at radius 3 is 2.41 bits per heavy atom. The van der Waals surface area contributed by atoms with Crippen molar-refractivity contribution in [2.75, 3.05) is 13.1 Å². The number of sulfonamides is 1. The molecule has 1 saturated heterocycles. The van der Waals surface area contributed by atoms with Crippen LogP contribution in [-0.2, 0) is 10.0 Å². The normalized spacial score (nSPS) is 22.2. The fourth-order valence-corrected chi connectivity index (χ4v) is 3.79. The predicted molar refractivity (Wildman–Crippen MR) is 68.1 cm³/mol. The van der Waals surface area contributed by atoms with Gasteiger partial charge in [0.05, 0.1) is 4.90 Å². The molecule has 1 aromatic rings. The maximum Gasteiger partial charge on any atom is 0.243 e. The molecule has 0 aliphatic carbocycles. The Morgan fingerprint density at radius 1 is 1.24 bits per heavy atom. The van der Waals surface area contributed by atoms with E-state index in [9.17, 15) is 8.42 Å². The lowest BCUT2D eigenvalue weighted by atomic mass is 9.96. The van der Waals surface area contributed by atoms with Crippen LogP contribution in [0.15, 0.2) is 35.2 Å². The van der Waals surface area contributed by atoms with E-state index in [0.29, 0.717) is 29.8 Å². The Kier molecular flexibility index (Phi) is 3.54. The Morgan fingerprint density at radius 2 is 1.88 bits per heavy atom. The lowest BCUT2D eigenvalue weighted by Gasteiger charge is -2.18. The molecule has 1 fully saturated rings. The third-order valence-electron chi connectivity index (χ3n) is 3.51. The second-order valence-corrected chi connectivity index (χ2v) is 6.91. The minimum Gasteiger partial charge on any atom is -0.207 e. The molecule has 1 unspecified atom stereocenters. The van der Waals surface area contributed by atoms with Crippen LogP contribution in [0.4, 0.5) is 0 Å². The minimum atomic E-state index is -3.27. The summed E-state index contributed by atoms with van der Waals surface area (Å²) in [6, 6.07) is 8.70. The maximum atomic E-state index is 12.3. The van der Waals surface area contributed by atoms with E-state index in [1.165, 1.54) is 0 Å². The molecular weight excluding hydrogens is 234 g/mol. The molecule has 0 N–H and O–H groups in total. The van der Waals surface area contributed by atoms with Gasteiger partial charge in [0.1, 0.15) is 0 Å². The number of rotatable bonds is 3. The van der Waals surface area contributed by atoms with Crippen LogP contribution in [0.1, 0.15) is 20.3 Å². The second kappa shape index (κ2) is 4.78. The monoisotopic (exact) mass is 253 g/mol. The van der Waals surface area contributed by atoms with Crippen molar-refractivity contribution >= 4 is 10.0 Å². The maximum absolute atomic E-state index is 12.3. The van der Waals surface area contributed by atoms with Crippen LogP contribution in [0.2, 0.25) is 0 Å². The highest BCUT2D eigenvalue weighted by molar-refractivity contribution is 7.89. The molecule has 1 heterocycles. The Balaban J connectivity index is 2.19. The summed E-state index contributed by atoms with van der Waals surface area (Å²) in [4.78, 5) is 0.407. The highest BCUT2D eigenvalue weighted by Gasteiger charge is 2.33. The van der Waals surface area contributed by atoms with Crippen LogP contribution in [0.3, 0.4) is 0 Å². The second-order valence-electron chi connectivity index (χ2n) is 4.97. The number of hydrogen-bond acceptors (Lipinski definition) is 2. The van der Waals surface area contributed by atoms with E-state index in [4.69, 9.17) is 0 Å². The smallest absolute Gasteiger partial charge is 0.207 e. The van der Waals surface area contributed by atoms with Crippen LogP contribution in [-0.4, -0.2) is 25.8 Å². The van der Waals surface area contributed by atoms with Crippen molar-refractivity contribution in [3.63, 3.8) is 0 Å². The minimum absolute atomic E-state index is 0.407. The van der Waals surface area contributed by atoms with Crippen molar-refractivity contribution in [3.8, 4) is 0 Å². The fraction of sp³-hybridized carbons (Fsp3) is 0.538. The van der Waals surface area contributed by atoms with Gasteiger partial charge < -0.3 is 0 Å². The van der Waals surface area contributed by atoms with Gasteiger partial charge in [0.15, 0.2) is 0 Å². The molecule has 0 saturated carbocycles. The van der Waals surface area contributed by atoms with Crippen molar-refractivity contribution in [2.45, 2.75) is 25.2 Å². The van der Waals surface area contributed by atoms with Crippen molar-refractivity contribution in [1.82, 2.24) is 4.31 Å². The summed E-state index contributed by atoms with van der Waals surface area (Å²) in [5.41, 5.74) is 0. The standard InChI is InChI=1S/C13H19NO2S/c1-11(2)12-8-9-14(10-12)17(15,16)13-6-4-3-5-7-13/h3-7,11-12H,8-10H2,1-2H3. The molecule has 17 heavy (non-hydrogen) atoms. The van der Waals surface area contributed by atoms with Crippen LogP contribution in [0.5, 0.6) is 0 Å². The lowest BCUT2D eigenvalue weighted by Crippen LogP contribution is -2.29. The Bertz CT molecular complexity index is 467. The van der Waals surface area contributed by atoms with Crippen molar-refractivity contribution in [2.24, 2.45) is 11.8 Å². The largest absolute Gasteiger partial charge is 0.243 e. The van der Waals surface area contributed by atoms with Crippen LogP contribution in [0.25, 0.3) is 0 Å². The van der Waals surface area contributed by atoms with Crippen LogP contribution in [0, 0.1) is 11.8 Å². The first kappa shape index (κ1) is 12.6. The number of benzene rings is 1. The summed E-state index contributed by atoms with van der Waals surface area (Å²) in [7, 11) is -3.27. The number of hydrogen-bond donors (Lipinski definition) is 0. The predicted octanol–water partition coefficient (Wildman–Crippen LogP) is 2.35. The summed E-state index contributed by atoms with van der Waals surface area (Å²) >= 11 is 0. The third kappa shape index (κ3) is 2.53. The molecule has 0 amide bonds. The van der Waals surface area contributed by atoms with Crippen molar-refractivity contribution in [1.29, 1.82) is 0 Å². The molecule has 1 aromatic carbocycles. The van der Waals surface area contributed by atoms with Gasteiger partial charge in [-0.15, -0.1) is 0 Å². The summed E-state index contributed by atoms with van der Waals surface area (Å²) in [6.45, 7) is 5.63. The SMILES string of the molecule is CC(C)C1CCN(S(=O)(=O)c2ccccc2)C1. The van der Waals surface area contributed by atoms with Gasteiger partial charge in [-0.2, -0.15) is 4.31 Å². The van der Waals surface area contributed by atoms with E-state index in [2.05, 4.69) is 13.8 Å². The van der Waals surface area contributed by atoms with Gasteiger partial charge in [0.25, 0.3) is 0 Å². The molecule has 0 bridgehead atoms. The zero-order chi connectivity index (χ0) is 12.5. The van der Waals surface area contributed by atoms with Crippen LogP contribution >= 0.6 is 0 Å². The molecule has 3 nitrogen and oxygen atoms in total. The molecule has 2 rings (SSSR count). The van der Waals surface area contributed by atoms with E-state index in [0.717, 1.165) is 6.42 Å². The highest BCUT2D eigenvalue weighted by Crippen LogP contribution is 2.28. The molecule has 1 aliphatic heterocycles. The molecular formula is C13H19NO2S. The molecule has 0 spiro atoms. The van der Waals surface area contributed by atoms with Gasteiger partial charge in [-0.25, -0.2) is 8.42 Å². The van der Waals surface area contributed by atoms with Gasteiger partial charge in [0, 0.05) is 13.1 Å². The topological polar surface area (TPSA) is 37.4 Å². The van der Waals surface area contributed by atoms with Crippen LogP contribution < -0.4 is 0 Å². The molecule has 94 valence electrons. The molecule has 0 radical (unpaired) electrons. The Labute approximate surface area is 104 Å². The quantitative estimate of drug-likeness (QED) is 0.829. The van der Waals surface area contributed by atoms with Crippen molar-refractivity contribution in [3.05, 3.63) is 30.3 Å². The zero-order valence-corrected chi connectivity index (χ0v) is 11.2. The highest BCUT2D eigenvalue weighted by atomic mass is 32.2. The van der Waals surface area contributed by atoms with Gasteiger partial charge in [0.2, 0.25) is 10.0 Å². The van der Waals surface area contributed by atoms with Gasteiger partial charge in [-0.3, -0.25) is 0 Å². The first-order valence-electron chi connectivity index (χ1n) is 6.07. The van der Waals surface area contributed by atoms with E-state index in [1.807, 2.05) is 6.07 Å². The summed E-state index contributed by atoms with van der Waals surface area (Å²) in [5, 5.41) is 0. The molecule has 1 atom stereocenters. The van der Waals surface area contributed by atoms with Gasteiger partial charge >= 0.3 is 0 Å². The number of nitrogens with zero attached hydrogens (tertiary/aromatic N) is 1. The summed E-state index contributed by atoms with van der Waals surface area (Å²) in [5.74, 6) is 1.04. The zero-order valence-electron chi connectivity index (χ0n) is 10.3. The van der Waals surface area contributed by atoms with E-state index < -0.39 is 10.0 Å². The molecule has 0 aromatic heterocycles. The van der Waals surface area contributed by atoms with Gasteiger partial charge in [-0.05, 0) is 30.4 Å². The van der Waals surface area contributed by atoms with Crippen molar-refractivity contribution < 1.29 is 8.42 Å². The van der Waals surface area contributed by atoms with E-state index in [-0.39, 0.29) is 0 Å². The molecule has 1 aliphatic rings. The first-order chi connectivity index (χ1) is 8.01.